The number of nitrogens with zero attached hydrogens (tertiary/aromatic N) is 2. The summed E-state index contributed by atoms with van der Waals surface area (Å²) < 4.78 is 5.69. The van der Waals surface area contributed by atoms with Crippen molar-refractivity contribution in [2.75, 3.05) is 11.1 Å². The topological polar surface area (TPSA) is 78.9 Å². The van der Waals surface area contributed by atoms with Gasteiger partial charge >= 0.3 is 0 Å². The lowest BCUT2D eigenvalue weighted by atomic mass is 9.83. The average Bonchev–Trinajstić information content (AvgIpc) is 3.39. The zero-order valence-electron chi connectivity index (χ0n) is 17.3. The highest BCUT2D eigenvalue weighted by molar-refractivity contribution is 7.99. The smallest absolute Gasteiger partial charge is 0.256 e. The monoisotopic (exact) mass is 459 g/mol. The fourth-order valence-electron chi connectivity index (χ4n) is 4.13. The van der Waals surface area contributed by atoms with E-state index in [4.69, 9.17) is 4.42 Å². The van der Waals surface area contributed by atoms with Crippen LogP contribution in [0.4, 0.5) is 5.00 Å². The summed E-state index contributed by atoms with van der Waals surface area (Å²) in [5, 5.41) is 14.0. The number of nitriles is 1. The van der Waals surface area contributed by atoms with Crippen LogP contribution in [0, 0.1) is 11.3 Å². The molecule has 1 N–H and O–H groups in total. The van der Waals surface area contributed by atoms with Crippen molar-refractivity contribution < 1.29 is 9.21 Å². The van der Waals surface area contributed by atoms with E-state index in [0.29, 0.717) is 33.9 Å². The van der Waals surface area contributed by atoms with E-state index in [1.165, 1.54) is 22.2 Å². The molecular weight excluding hydrogens is 438 g/mol. The lowest BCUT2D eigenvalue weighted by Crippen LogP contribution is -2.12. The van der Waals surface area contributed by atoms with E-state index in [9.17, 15) is 10.1 Å². The van der Waals surface area contributed by atoms with Gasteiger partial charge in [0.05, 0.1) is 5.56 Å². The summed E-state index contributed by atoms with van der Waals surface area (Å²) in [6.07, 6.45) is 3.14. The van der Waals surface area contributed by atoms with Gasteiger partial charge < -0.3 is 9.73 Å². The number of nitrogens with one attached hydrogen (secondary N) is 1. The molecule has 1 unspecified atom stereocenters. The standard InChI is InChI=1S/C25H21N3O2S2/c26-15-19-18-11-10-17(16-6-2-1-3-7-16)14-22(18)32-24(19)28-23(29)12-13-31-25-27-20-8-4-5-9-21(20)30-25/h1-9,17H,10-14H2,(H,28,29). The Labute approximate surface area is 194 Å². The Bertz CT molecular complexity index is 1270. The SMILES string of the molecule is N#Cc1c(NC(=O)CCSc2nc3ccccc3o2)sc2c1CCC(c1ccccc1)C2. The minimum Gasteiger partial charge on any atom is -0.431 e. The second-order valence-corrected chi connectivity index (χ2v) is 9.92. The molecule has 0 saturated heterocycles. The van der Waals surface area contributed by atoms with Crippen LogP contribution in [-0.2, 0) is 17.6 Å². The van der Waals surface area contributed by atoms with Crippen LogP contribution in [0.2, 0.25) is 0 Å². The maximum atomic E-state index is 12.6. The van der Waals surface area contributed by atoms with Gasteiger partial charge in [-0.1, -0.05) is 54.2 Å². The van der Waals surface area contributed by atoms with E-state index >= 15 is 0 Å². The molecule has 0 aliphatic heterocycles. The molecule has 0 fully saturated rings. The molecule has 4 aromatic rings. The number of rotatable bonds is 6. The quantitative estimate of drug-likeness (QED) is 0.350. The van der Waals surface area contributed by atoms with E-state index in [2.05, 4.69) is 40.6 Å². The van der Waals surface area contributed by atoms with Crippen molar-refractivity contribution >= 4 is 45.1 Å². The van der Waals surface area contributed by atoms with Gasteiger partial charge in [0.2, 0.25) is 5.91 Å². The van der Waals surface area contributed by atoms with Crippen molar-refractivity contribution in [2.24, 2.45) is 0 Å². The molecule has 2 aromatic heterocycles. The Hall–Kier alpha value is -3.08. The van der Waals surface area contributed by atoms with Gasteiger partial charge in [0.15, 0.2) is 5.58 Å². The molecule has 32 heavy (non-hydrogen) atoms. The Morgan fingerprint density at radius 1 is 1.22 bits per heavy atom. The first kappa shape index (κ1) is 20.8. The number of oxazole rings is 1. The molecular formula is C25H21N3O2S2. The number of carbonyl (C=O) groups is 1. The molecule has 5 rings (SSSR count). The summed E-state index contributed by atoms with van der Waals surface area (Å²) in [6.45, 7) is 0. The number of fused-ring (bicyclic) bond motifs is 2. The Morgan fingerprint density at radius 3 is 2.84 bits per heavy atom. The molecule has 0 bridgehead atoms. The zero-order valence-corrected chi connectivity index (χ0v) is 19.0. The molecule has 2 aromatic carbocycles. The number of carbonyl (C=O) groups excluding carboxylic acids is 1. The van der Waals surface area contributed by atoms with Crippen molar-refractivity contribution in [1.29, 1.82) is 5.26 Å². The van der Waals surface area contributed by atoms with Crippen LogP contribution < -0.4 is 5.32 Å². The Kier molecular flexibility index (Phi) is 5.97. The molecule has 1 aliphatic rings. The van der Waals surface area contributed by atoms with E-state index in [1.807, 2.05) is 30.3 Å². The molecule has 0 saturated carbocycles. The molecule has 0 radical (unpaired) electrons. The van der Waals surface area contributed by atoms with E-state index < -0.39 is 0 Å². The molecule has 2 heterocycles. The highest BCUT2D eigenvalue weighted by atomic mass is 32.2. The van der Waals surface area contributed by atoms with Gasteiger partial charge in [-0.2, -0.15) is 5.26 Å². The van der Waals surface area contributed by atoms with Gasteiger partial charge in [-0.15, -0.1) is 11.3 Å². The number of benzene rings is 2. The second-order valence-electron chi connectivity index (χ2n) is 7.76. The van der Waals surface area contributed by atoms with Crippen LogP contribution >= 0.6 is 23.1 Å². The number of hydrogen-bond donors (Lipinski definition) is 1. The largest absolute Gasteiger partial charge is 0.431 e. The summed E-state index contributed by atoms with van der Waals surface area (Å²) in [5.74, 6) is 0.926. The van der Waals surface area contributed by atoms with Gasteiger partial charge in [0.25, 0.3) is 5.22 Å². The third-order valence-electron chi connectivity index (χ3n) is 5.73. The minimum atomic E-state index is -0.0942. The van der Waals surface area contributed by atoms with Crippen molar-refractivity contribution in [1.82, 2.24) is 4.98 Å². The van der Waals surface area contributed by atoms with Crippen molar-refractivity contribution in [3.05, 3.63) is 76.2 Å². The summed E-state index contributed by atoms with van der Waals surface area (Å²) in [7, 11) is 0. The highest BCUT2D eigenvalue weighted by Crippen LogP contribution is 2.42. The molecule has 1 aliphatic carbocycles. The second kappa shape index (κ2) is 9.19. The first-order valence-corrected chi connectivity index (χ1v) is 12.4. The number of thioether (sulfide) groups is 1. The van der Waals surface area contributed by atoms with Crippen LogP contribution in [0.15, 0.2) is 64.2 Å². The molecule has 7 heteroatoms. The van der Waals surface area contributed by atoms with Gasteiger partial charge in [0, 0.05) is 17.1 Å². The summed E-state index contributed by atoms with van der Waals surface area (Å²) in [5.41, 5.74) is 4.65. The zero-order chi connectivity index (χ0) is 21.9. The van der Waals surface area contributed by atoms with Gasteiger partial charge in [-0.25, -0.2) is 4.98 Å². The predicted octanol–water partition coefficient (Wildman–Crippen LogP) is 6.15. The van der Waals surface area contributed by atoms with Crippen molar-refractivity contribution in [3.63, 3.8) is 0 Å². The fraction of sp³-hybridized carbons (Fsp3) is 0.240. The summed E-state index contributed by atoms with van der Waals surface area (Å²) in [6, 6.07) is 20.5. The number of para-hydroxylation sites is 2. The average molecular weight is 460 g/mol. The van der Waals surface area contributed by atoms with Crippen LogP contribution in [0.1, 0.15) is 40.3 Å². The number of hydrogen-bond acceptors (Lipinski definition) is 6. The molecule has 1 atom stereocenters. The van der Waals surface area contributed by atoms with Gasteiger partial charge in [-0.3, -0.25) is 4.79 Å². The van der Waals surface area contributed by atoms with E-state index in [0.717, 1.165) is 35.9 Å². The number of anilines is 1. The summed E-state index contributed by atoms with van der Waals surface area (Å²) in [4.78, 5) is 18.2. The predicted molar refractivity (Wildman–Crippen MR) is 128 cm³/mol. The maximum absolute atomic E-state index is 12.6. The minimum absolute atomic E-state index is 0.0942. The fourth-order valence-corrected chi connectivity index (χ4v) is 6.20. The lowest BCUT2D eigenvalue weighted by molar-refractivity contribution is -0.115. The molecule has 1 amide bonds. The van der Waals surface area contributed by atoms with E-state index in [1.54, 1.807) is 11.3 Å². The molecule has 160 valence electrons. The third kappa shape index (κ3) is 4.29. The van der Waals surface area contributed by atoms with Crippen LogP contribution in [0.25, 0.3) is 11.1 Å². The van der Waals surface area contributed by atoms with Crippen molar-refractivity contribution in [2.45, 2.75) is 36.8 Å². The van der Waals surface area contributed by atoms with Gasteiger partial charge in [0.1, 0.15) is 16.6 Å². The van der Waals surface area contributed by atoms with Crippen molar-refractivity contribution in [3.8, 4) is 6.07 Å². The normalized spacial score (nSPS) is 15.3. The number of thiophene rings is 1. The number of aromatic nitrogens is 1. The molecule has 0 spiro atoms. The van der Waals surface area contributed by atoms with E-state index in [-0.39, 0.29) is 5.91 Å². The first-order valence-electron chi connectivity index (χ1n) is 10.6. The van der Waals surface area contributed by atoms with Crippen LogP contribution in [0.3, 0.4) is 0 Å². The summed E-state index contributed by atoms with van der Waals surface area (Å²) >= 11 is 2.97. The highest BCUT2D eigenvalue weighted by Gasteiger charge is 2.27. The Morgan fingerprint density at radius 2 is 2.03 bits per heavy atom. The van der Waals surface area contributed by atoms with Crippen LogP contribution in [-0.4, -0.2) is 16.6 Å². The molecule has 5 nitrogen and oxygen atoms in total. The third-order valence-corrected chi connectivity index (χ3v) is 7.73. The lowest BCUT2D eigenvalue weighted by Gasteiger charge is -2.22. The van der Waals surface area contributed by atoms with Gasteiger partial charge in [-0.05, 0) is 48.4 Å². The number of amides is 1. The van der Waals surface area contributed by atoms with Crippen LogP contribution in [0.5, 0.6) is 0 Å². The first-order chi connectivity index (χ1) is 15.7. The maximum Gasteiger partial charge on any atom is 0.256 e. The Balaban J connectivity index is 1.22.